The second kappa shape index (κ2) is 8.44. The maximum Gasteiger partial charge on any atom is 0.224 e. The normalized spacial score (nSPS) is 22.8. The maximum absolute atomic E-state index is 13.7. The second-order valence-electron chi connectivity index (χ2n) is 8.51. The molecule has 2 atom stereocenters. The minimum Gasteiger partial charge on any atom is -0.356 e. The standard InChI is InChI=1S/C24H29FN2O/c1-17-11-20(9-10-23(17)25)21-12-22(24(28)26-13-18-7-8-18)16-27(15-21)14-19-5-3-2-4-6-19/h2-6,9-11,18,21-22H,7-8,12-16H2,1H3,(H,26,28). The third-order valence-electron chi connectivity index (χ3n) is 6.06. The van der Waals surface area contributed by atoms with Crippen LogP contribution in [0.4, 0.5) is 4.39 Å². The van der Waals surface area contributed by atoms with Gasteiger partial charge < -0.3 is 5.32 Å². The average molecular weight is 381 g/mol. The predicted molar refractivity (Wildman–Crippen MR) is 109 cm³/mol. The Morgan fingerprint density at radius 3 is 2.64 bits per heavy atom. The van der Waals surface area contributed by atoms with E-state index in [1.54, 1.807) is 6.07 Å². The molecule has 4 heteroatoms. The highest BCUT2D eigenvalue weighted by Gasteiger charge is 2.33. The molecule has 0 bridgehead atoms. The molecule has 3 nitrogen and oxygen atoms in total. The summed E-state index contributed by atoms with van der Waals surface area (Å²) in [5.41, 5.74) is 3.07. The Kier molecular flexibility index (Phi) is 5.77. The van der Waals surface area contributed by atoms with E-state index in [1.165, 1.54) is 18.4 Å². The molecule has 2 aromatic rings. The molecule has 0 aromatic heterocycles. The molecule has 1 saturated carbocycles. The van der Waals surface area contributed by atoms with Crippen LogP contribution in [0.1, 0.15) is 41.9 Å². The molecule has 2 aliphatic rings. The molecule has 0 radical (unpaired) electrons. The van der Waals surface area contributed by atoms with E-state index in [4.69, 9.17) is 0 Å². The molecule has 148 valence electrons. The second-order valence-corrected chi connectivity index (χ2v) is 8.51. The topological polar surface area (TPSA) is 32.3 Å². The third-order valence-corrected chi connectivity index (χ3v) is 6.06. The summed E-state index contributed by atoms with van der Waals surface area (Å²) in [5.74, 6) is 0.913. The minimum absolute atomic E-state index is 0.0217. The van der Waals surface area contributed by atoms with E-state index in [-0.39, 0.29) is 23.6 Å². The molecule has 1 N–H and O–H groups in total. The highest BCUT2D eigenvalue weighted by atomic mass is 19.1. The zero-order chi connectivity index (χ0) is 19.5. The van der Waals surface area contributed by atoms with E-state index in [9.17, 15) is 9.18 Å². The van der Waals surface area contributed by atoms with Crippen molar-refractivity contribution in [1.82, 2.24) is 10.2 Å². The van der Waals surface area contributed by atoms with Gasteiger partial charge in [0.05, 0.1) is 5.92 Å². The molecule has 1 aliphatic carbocycles. The summed E-state index contributed by atoms with van der Waals surface area (Å²) >= 11 is 0. The first-order valence-corrected chi connectivity index (χ1v) is 10.4. The first kappa shape index (κ1) is 19.1. The van der Waals surface area contributed by atoms with Crippen molar-refractivity contribution in [2.24, 2.45) is 11.8 Å². The van der Waals surface area contributed by atoms with Crippen LogP contribution in [-0.2, 0) is 11.3 Å². The number of rotatable bonds is 6. The number of carbonyl (C=O) groups excluding carboxylic acids is 1. The first-order valence-electron chi connectivity index (χ1n) is 10.4. The smallest absolute Gasteiger partial charge is 0.224 e. The molecule has 1 aliphatic heterocycles. The lowest BCUT2D eigenvalue weighted by atomic mass is 9.83. The van der Waals surface area contributed by atoms with Gasteiger partial charge in [-0.2, -0.15) is 0 Å². The fraction of sp³-hybridized carbons (Fsp3) is 0.458. The van der Waals surface area contributed by atoms with Crippen molar-refractivity contribution in [3.8, 4) is 0 Å². The maximum atomic E-state index is 13.7. The number of nitrogens with one attached hydrogen (secondary N) is 1. The Balaban J connectivity index is 1.50. The molecule has 0 spiro atoms. The van der Waals surface area contributed by atoms with Crippen molar-refractivity contribution in [3.05, 3.63) is 71.0 Å². The van der Waals surface area contributed by atoms with Gasteiger partial charge in [-0.05, 0) is 60.8 Å². The van der Waals surface area contributed by atoms with Crippen LogP contribution >= 0.6 is 0 Å². The molecular formula is C24H29FN2O. The molecule has 1 heterocycles. The number of amides is 1. The van der Waals surface area contributed by atoms with Gasteiger partial charge in [0.25, 0.3) is 0 Å². The van der Waals surface area contributed by atoms with Gasteiger partial charge in [-0.15, -0.1) is 0 Å². The van der Waals surface area contributed by atoms with E-state index < -0.39 is 0 Å². The lowest BCUT2D eigenvalue weighted by Crippen LogP contribution is -2.45. The Labute approximate surface area is 166 Å². The average Bonchev–Trinajstić information content (AvgIpc) is 3.53. The van der Waals surface area contributed by atoms with Crippen molar-refractivity contribution in [2.75, 3.05) is 19.6 Å². The third kappa shape index (κ3) is 4.79. The lowest BCUT2D eigenvalue weighted by Gasteiger charge is -2.37. The van der Waals surface area contributed by atoms with Gasteiger partial charge in [0.15, 0.2) is 0 Å². The fourth-order valence-corrected chi connectivity index (χ4v) is 4.23. The number of likely N-dealkylation sites (tertiary alicyclic amines) is 1. The largest absolute Gasteiger partial charge is 0.356 e. The van der Waals surface area contributed by atoms with E-state index >= 15 is 0 Å². The number of benzene rings is 2. The van der Waals surface area contributed by atoms with E-state index in [0.717, 1.165) is 38.2 Å². The molecular weight excluding hydrogens is 351 g/mol. The van der Waals surface area contributed by atoms with Crippen molar-refractivity contribution < 1.29 is 9.18 Å². The Morgan fingerprint density at radius 2 is 1.93 bits per heavy atom. The molecule has 28 heavy (non-hydrogen) atoms. The summed E-state index contributed by atoms with van der Waals surface area (Å²) in [4.78, 5) is 15.2. The molecule has 1 amide bonds. The van der Waals surface area contributed by atoms with Gasteiger partial charge in [0, 0.05) is 26.2 Å². The van der Waals surface area contributed by atoms with Crippen LogP contribution in [0.25, 0.3) is 0 Å². The number of halogens is 1. The number of hydrogen-bond donors (Lipinski definition) is 1. The van der Waals surface area contributed by atoms with Gasteiger partial charge in [-0.3, -0.25) is 9.69 Å². The monoisotopic (exact) mass is 380 g/mol. The van der Waals surface area contributed by atoms with Gasteiger partial charge in [0.2, 0.25) is 5.91 Å². The summed E-state index contributed by atoms with van der Waals surface area (Å²) < 4.78 is 13.7. The molecule has 2 unspecified atom stereocenters. The van der Waals surface area contributed by atoms with E-state index in [2.05, 4.69) is 34.5 Å². The van der Waals surface area contributed by atoms with Crippen LogP contribution in [0.2, 0.25) is 0 Å². The van der Waals surface area contributed by atoms with Crippen LogP contribution in [0.15, 0.2) is 48.5 Å². The highest BCUT2D eigenvalue weighted by molar-refractivity contribution is 5.79. The minimum atomic E-state index is -0.167. The van der Waals surface area contributed by atoms with Gasteiger partial charge in [-0.25, -0.2) is 4.39 Å². The summed E-state index contributed by atoms with van der Waals surface area (Å²) in [7, 11) is 0. The zero-order valence-corrected chi connectivity index (χ0v) is 16.5. The van der Waals surface area contributed by atoms with Crippen LogP contribution in [0.3, 0.4) is 0 Å². The number of aryl methyl sites for hydroxylation is 1. The van der Waals surface area contributed by atoms with Crippen LogP contribution in [-0.4, -0.2) is 30.4 Å². The van der Waals surface area contributed by atoms with Crippen LogP contribution in [0.5, 0.6) is 0 Å². The van der Waals surface area contributed by atoms with E-state index in [1.807, 2.05) is 25.1 Å². The highest BCUT2D eigenvalue weighted by Crippen LogP contribution is 2.33. The molecule has 1 saturated heterocycles. The summed E-state index contributed by atoms with van der Waals surface area (Å²) in [6.07, 6.45) is 3.30. The quantitative estimate of drug-likeness (QED) is 0.812. The number of carbonyl (C=O) groups is 1. The fourth-order valence-electron chi connectivity index (χ4n) is 4.23. The van der Waals surface area contributed by atoms with Crippen LogP contribution < -0.4 is 5.32 Å². The molecule has 2 aromatic carbocycles. The summed E-state index contributed by atoms with van der Waals surface area (Å²) in [6, 6.07) is 15.8. The van der Waals surface area contributed by atoms with Crippen molar-refractivity contribution in [1.29, 1.82) is 0 Å². The summed E-state index contributed by atoms with van der Waals surface area (Å²) in [5, 5.41) is 3.17. The first-order chi connectivity index (χ1) is 13.6. The van der Waals surface area contributed by atoms with Gasteiger partial charge in [-0.1, -0.05) is 42.5 Å². The summed E-state index contributed by atoms with van der Waals surface area (Å²) in [6.45, 7) is 5.13. The van der Waals surface area contributed by atoms with Crippen molar-refractivity contribution in [3.63, 3.8) is 0 Å². The zero-order valence-electron chi connectivity index (χ0n) is 16.5. The van der Waals surface area contributed by atoms with Crippen LogP contribution in [0, 0.1) is 24.6 Å². The number of nitrogens with zero attached hydrogens (tertiary/aromatic N) is 1. The van der Waals surface area contributed by atoms with Gasteiger partial charge >= 0.3 is 0 Å². The SMILES string of the molecule is Cc1cc(C2CC(C(=O)NCC3CC3)CN(Cc3ccccc3)C2)ccc1F. The lowest BCUT2D eigenvalue weighted by molar-refractivity contribution is -0.127. The number of piperidine rings is 1. The molecule has 4 rings (SSSR count). The van der Waals surface area contributed by atoms with E-state index in [0.29, 0.717) is 11.5 Å². The van der Waals surface area contributed by atoms with Crippen molar-refractivity contribution >= 4 is 5.91 Å². The predicted octanol–water partition coefficient (Wildman–Crippen LogP) is 4.27. The number of hydrogen-bond acceptors (Lipinski definition) is 2. The Hall–Kier alpha value is -2.20. The van der Waals surface area contributed by atoms with Crippen molar-refractivity contribution in [2.45, 2.75) is 38.6 Å². The Bertz CT molecular complexity index is 819. The van der Waals surface area contributed by atoms with Gasteiger partial charge in [0.1, 0.15) is 5.82 Å². The Morgan fingerprint density at radius 1 is 1.14 bits per heavy atom. The molecule has 2 fully saturated rings.